The molecule has 1 atom stereocenters. The van der Waals surface area contributed by atoms with Crippen molar-refractivity contribution >= 4 is 46.7 Å². The number of amides is 4. The number of nitrogens with one attached hydrogen (secondary N) is 2. The van der Waals surface area contributed by atoms with Gasteiger partial charge in [0.15, 0.2) is 0 Å². The van der Waals surface area contributed by atoms with Gasteiger partial charge in [-0.05, 0) is 37.3 Å². The Labute approximate surface area is 168 Å². The molecule has 0 aromatic heterocycles. The number of carbonyl (C=O) groups excluding carboxylic acids is 3. The van der Waals surface area contributed by atoms with E-state index < -0.39 is 41.6 Å². The Morgan fingerprint density at radius 2 is 1.86 bits per heavy atom. The van der Waals surface area contributed by atoms with Crippen LogP contribution in [0.1, 0.15) is 12.5 Å². The second-order valence-electron chi connectivity index (χ2n) is 6.25. The van der Waals surface area contributed by atoms with Gasteiger partial charge in [-0.3, -0.25) is 14.5 Å². The van der Waals surface area contributed by atoms with Gasteiger partial charge >= 0.3 is 6.03 Å². The first-order valence-electron chi connectivity index (χ1n) is 7.96. The van der Waals surface area contributed by atoms with E-state index >= 15 is 0 Å². The van der Waals surface area contributed by atoms with E-state index in [2.05, 4.69) is 10.6 Å². The molecule has 2 N–H and O–H groups in total. The predicted octanol–water partition coefficient (Wildman–Crippen LogP) is 3.68. The molecule has 2 aromatic carbocycles. The molecule has 0 spiro atoms. The van der Waals surface area contributed by atoms with Crippen LogP contribution in [0, 0.1) is 11.6 Å². The molecule has 10 heteroatoms. The smallest absolute Gasteiger partial charge is 0.324 e. The number of benzene rings is 2. The highest BCUT2D eigenvalue weighted by Gasteiger charge is 2.50. The maximum atomic E-state index is 13.3. The average molecular weight is 428 g/mol. The van der Waals surface area contributed by atoms with E-state index in [1.165, 1.54) is 25.1 Å². The van der Waals surface area contributed by atoms with Crippen LogP contribution in [0.3, 0.4) is 0 Å². The molecule has 1 saturated heterocycles. The fraction of sp³-hybridized carbons (Fsp3) is 0.167. The van der Waals surface area contributed by atoms with Crippen LogP contribution >= 0.6 is 23.2 Å². The van der Waals surface area contributed by atoms with Crippen LogP contribution in [-0.2, 0) is 15.1 Å². The summed E-state index contributed by atoms with van der Waals surface area (Å²) in [5, 5.41) is 4.67. The Morgan fingerprint density at radius 1 is 1.14 bits per heavy atom. The Kier molecular flexibility index (Phi) is 5.27. The quantitative estimate of drug-likeness (QED) is 0.730. The summed E-state index contributed by atoms with van der Waals surface area (Å²) < 4.78 is 26.5. The van der Waals surface area contributed by atoms with Gasteiger partial charge in [0.25, 0.3) is 5.91 Å². The number of rotatable bonds is 4. The van der Waals surface area contributed by atoms with Crippen molar-refractivity contribution in [1.29, 1.82) is 0 Å². The molecule has 1 aliphatic rings. The van der Waals surface area contributed by atoms with Crippen molar-refractivity contribution in [2.45, 2.75) is 12.5 Å². The minimum absolute atomic E-state index is 0.0385. The number of urea groups is 1. The van der Waals surface area contributed by atoms with Gasteiger partial charge in [-0.2, -0.15) is 0 Å². The molecular formula is C18H13Cl2F2N3O3. The summed E-state index contributed by atoms with van der Waals surface area (Å²) in [4.78, 5) is 38.0. The molecule has 1 heterocycles. The number of halogens is 4. The van der Waals surface area contributed by atoms with E-state index in [9.17, 15) is 23.2 Å². The molecule has 2 aromatic rings. The lowest BCUT2D eigenvalue weighted by molar-refractivity contribution is -0.133. The Hall–Kier alpha value is -2.71. The van der Waals surface area contributed by atoms with Gasteiger partial charge in [0.2, 0.25) is 5.91 Å². The summed E-state index contributed by atoms with van der Waals surface area (Å²) in [5.74, 6) is -2.66. The summed E-state index contributed by atoms with van der Waals surface area (Å²) in [6.07, 6.45) is 0. The number of carbonyl (C=O) groups is 3. The largest absolute Gasteiger partial charge is 0.325 e. The fourth-order valence-corrected chi connectivity index (χ4v) is 3.37. The Balaban J connectivity index is 1.78. The summed E-state index contributed by atoms with van der Waals surface area (Å²) in [6.45, 7) is 0.818. The first-order valence-corrected chi connectivity index (χ1v) is 8.72. The molecule has 28 heavy (non-hydrogen) atoms. The number of anilines is 1. The van der Waals surface area contributed by atoms with Gasteiger partial charge in [-0.15, -0.1) is 0 Å². The third-order valence-corrected chi connectivity index (χ3v) is 4.85. The number of hydrogen-bond acceptors (Lipinski definition) is 3. The van der Waals surface area contributed by atoms with Gasteiger partial charge in [0, 0.05) is 16.3 Å². The van der Waals surface area contributed by atoms with Crippen LogP contribution in [0.4, 0.5) is 19.3 Å². The monoisotopic (exact) mass is 427 g/mol. The third kappa shape index (κ3) is 3.65. The molecule has 1 fully saturated rings. The van der Waals surface area contributed by atoms with Crippen LogP contribution in [0.2, 0.25) is 10.0 Å². The number of hydrogen-bond donors (Lipinski definition) is 2. The summed E-state index contributed by atoms with van der Waals surface area (Å²) in [7, 11) is 0. The normalized spacial score (nSPS) is 19.0. The van der Waals surface area contributed by atoms with Crippen LogP contribution in [0.25, 0.3) is 0 Å². The van der Waals surface area contributed by atoms with Crippen molar-refractivity contribution in [3.05, 3.63) is 63.6 Å². The van der Waals surface area contributed by atoms with Crippen molar-refractivity contribution in [3.63, 3.8) is 0 Å². The second-order valence-corrected chi connectivity index (χ2v) is 7.06. The summed E-state index contributed by atoms with van der Waals surface area (Å²) in [5.41, 5.74) is -1.16. The van der Waals surface area contributed by atoms with Gasteiger partial charge in [0.05, 0.1) is 5.02 Å². The van der Waals surface area contributed by atoms with Crippen molar-refractivity contribution in [2.24, 2.45) is 0 Å². The van der Waals surface area contributed by atoms with E-state index in [0.717, 1.165) is 18.2 Å². The zero-order valence-electron chi connectivity index (χ0n) is 14.4. The molecule has 3 rings (SSSR count). The highest BCUT2D eigenvalue weighted by Crippen LogP contribution is 2.34. The lowest BCUT2D eigenvalue weighted by Gasteiger charge is -2.23. The first kappa shape index (κ1) is 20.0. The Morgan fingerprint density at radius 3 is 2.50 bits per heavy atom. The zero-order chi connectivity index (χ0) is 20.6. The highest BCUT2D eigenvalue weighted by molar-refractivity contribution is 6.32. The molecule has 1 unspecified atom stereocenters. The van der Waals surface area contributed by atoms with Crippen LogP contribution in [-0.4, -0.2) is 29.3 Å². The van der Waals surface area contributed by atoms with E-state index in [4.69, 9.17) is 23.2 Å². The van der Waals surface area contributed by atoms with Crippen molar-refractivity contribution in [3.8, 4) is 0 Å². The zero-order valence-corrected chi connectivity index (χ0v) is 15.9. The lowest BCUT2D eigenvalue weighted by atomic mass is 9.92. The second kappa shape index (κ2) is 7.37. The van der Waals surface area contributed by atoms with Gasteiger partial charge in [-0.1, -0.05) is 29.3 Å². The van der Waals surface area contributed by atoms with Crippen molar-refractivity contribution in [1.82, 2.24) is 10.2 Å². The molecule has 146 valence electrons. The molecule has 0 bridgehead atoms. The van der Waals surface area contributed by atoms with Gasteiger partial charge in [-0.25, -0.2) is 13.6 Å². The Bertz CT molecular complexity index is 1000. The SMILES string of the molecule is CC1(c2ccc(F)cc2Cl)NC(=O)N(CC(=O)Nc2ccc(F)c(Cl)c2)C1=O. The number of nitrogens with zero attached hydrogens (tertiary/aromatic N) is 1. The minimum atomic E-state index is -1.55. The summed E-state index contributed by atoms with van der Waals surface area (Å²) >= 11 is 11.7. The number of imide groups is 1. The maximum Gasteiger partial charge on any atom is 0.325 e. The molecular weight excluding hydrogens is 415 g/mol. The minimum Gasteiger partial charge on any atom is -0.324 e. The van der Waals surface area contributed by atoms with E-state index in [1.54, 1.807) is 0 Å². The highest BCUT2D eigenvalue weighted by atomic mass is 35.5. The summed E-state index contributed by atoms with van der Waals surface area (Å²) in [6, 6.07) is 6.17. The molecule has 1 aliphatic heterocycles. The first-order chi connectivity index (χ1) is 13.1. The molecule has 4 amide bonds. The lowest BCUT2D eigenvalue weighted by Crippen LogP contribution is -2.42. The van der Waals surface area contributed by atoms with E-state index in [0.29, 0.717) is 4.90 Å². The molecule has 6 nitrogen and oxygen atoms in total. The van der Waals surface area contributed by atoms with Crippen molar-refractivity contribution in [2.75, 3.05) is 11.9 Å². The molecule has 0 radical (unpaired) electrons. The average Bonchev–Trinajstić information content (AvgIpc) is 2.82. The standard InChI is InChI=1S/C18H13Cl2F2N3O3/c1-18(11-4-2-9(21)6-12(11)19)16(27)25(17(28)24-18)8-15(26)23-10-3-5-14(22)13(20)7-10/h2-7H,8H2,1H3,(H,23,26)(H,24,28). The molecule has 0 saturated carbocycles. The van der Waals surface area contributed by atoms with Crippen LogP contribution < -0.4 is 10.6 Å². The molecule has 0 aliphatic carbocycles. The predicted molar refractivity (Wildman–Crippen MR) is 99.0 cm³/mol. The van der Waals surface area contributed by atoms with Gasteiger partial charge in [0.1, 0.15) is 23.7 Å². The van der Waals surface area contributed by atoms with E-state index in [1.807, 2.05) is 0 Å². The van der Waals surface area contributed by atoms with E-state index in [-0.39, 0.29) is 21.3 Å². The van der Waals surface area contributed by atoms with Crippen molar-refractivity contribution < 1.29 is 23.2 Å². The third-order valence-electron chi connectivity index (χ3n) is 4.25. The van der Waals surface area contributed by atoms with Gasteiger partial charge < -0.3 is 10.6 Å². The maximum absolute atomic E-state index is 13.3. The van der Waals surface area contributed by atoms with Crippen LogP contribution in [0.15, 0.2) is 36.4 Å². The topological polar surface area (TPSA) is 78.5 Å². The van der Waals surface area contributed by atoms with Crippen LogP contribution in [0.5, 0.6) is 0 Å². The fourth-order valence-electron chi connectivity index (χ4n) is 2.84.